The van der Waals surface area contributed by atoms with Gasteiger partial charge >= 0.3 is 0 Å². The third kappa shape index (κ3) is 4.46. The minimum atomic E-state index is -0.0680. The maximum absolute atomic E-state index is 12.9. The SMILES string of the molecule is CCN(CC)C(=O)CC[C@H]1CNC(=O)[C@@H]2[C@@H](CCN2C2CCOCC2)N1C. The van der Waals surface area contributed by atoms with Gasteiger partial charge in [-0.3, -0.25) is 19.4 Å². The highest BCUT2D eigenvalue weighted by molar-refractivity contribution is 5.83. The van der Waals surface area contributed by atoms with Crippen molar-refractivity contribution in [3.05, 3.63) is 0 Å². The van der Waals surface area contributed by atoms with Crippen molar-refractivity contribution in [2.75, 3.05) is 46.4 Å². The molecule has 3 aliphatic heterocycles. The van der Waals surface area contributed by atoms with Gasteiger partial charge in [-0.05, 0) is 46.6 Å². The van der Waals surface area contributed by atoms with Crippen LogP contribution in [0.3, 0.4) is 0 Å². The van der Waals surface area contributed by atoms with Crippen LogP contribution in [0, 0.1) is 0 Å². The van der Waals surface area contributed by atoms with E-state index in [1.165, 1.54) is 0 Å². The number of rotatable bonds is 6. The van der Waals surface area contributed by atoms with Gasteiger partial charge in [0.2, 0.25) is 11.8 Å². The van der Waals surface area contributed by atoms with Crippen LogP contribution in [0.2, 0.25) is 0 Å². The van der Waals surface area contributed by atoms with Crippen molar-refractivity contribution in [2.45, 2.75) is 70.1 Å². The summed E-state index contributed by atoms with van der Waals surface area (Å²) in [7, 11) is 2.14. The molecule has 27 heavy (non-hydrogen) atoms. The van der Waals surface area contributed by atoms with Crippen LogP contribution in [0.5, 0.6) is 0 Å². The number of fused-ring (bicyclic) bond motifs is 1. The van der Waals surface area contributed by atoms with Crippen LogP contribution in [0.15, 0.2) is 0 Å². The van der Waals surface area contributed by atoms with Gasteiger partial charge in [0.15, 0.2) is 0 Å². The number of hydrogen-bond donors (Lipinski definition) is 1. The van der Waals surface area contributed by atoms with Crippen molar-refractivity contribution in [3.8, 4) is 0 Å². The number of carbonyl (C=O) groups excluding carboxylic acids is 2. The Bertz CT molecular complexity index is 519. The molecule has 154 valence electrons. The first-order valence-corrected chi connectivity index (χ1v) is 10.7. The van der Waals surface area contributed by atoms with Gasteiger partial charge in [0.25, 0.3) is 0 Å². The van der Waals surface area contributed by atoms with Crippen molar-refractivity contribution >= 4 is 11.8 Å². The lowest BCUT2D eigenvalue weighted by molar-refractivity contribution is -0.131. The Labute approximate surface area is 163 Å². The normalized spacial score (nSPS) is 30.6. The van der Waals surface area contributed by atoms with Crippen molar-refractivity contribution < 1.29 is 14.3 Å². The summed E-state index contributed by atoms with van der Waals surface area (Å²) in [5.74, 6) is 0.379. The van der Waals surface area contributed by atoms with Crippen LogP contribution >= 0.6 is 0 Å². The highest BCUT2D eigenvalue weighted by Gasteiger charge is 2.47. The van der Waals surface area contributed by atoms with Gasteiger partial charge in [0.05, 0.1) is 0 Å². The Morgan fingerprint density at radius 3 is 2.59 bits per heavy atom. The van der Waals surface area contributed by atoms with Crippen LogP contribution in [0.1, 0.15) is 46.0 Å². The standard InChI is InChI=1S/C20H36N4O3/c1-4-23(5-2)18(25)7-6-16-14-21-20(26)19-17(22(16)3)8-11-24(19)15-9-12-27-13-10-15/h15-17,19H,4-14H2,1-3H3,(H,21,26)/t16-,17+,19-/m0/s1. The first-order chi connectivity index (χ1) is 13.1. The molecule has 7 nitrogen and oxygen atoms in total. The van der Waals surface area contributed by atoms with Gasteiger partial charge in [0, 0.05) is 63.9 Å². The smallest absolute Gasteiger partial charge is 0.239 e. The monoisotopic (exact) mass is 380 g/mol. The lowest BCUT2D eigenvalue weighted by Gasteiger charge is -2.37. The zero-order chi connectivity index (χ0) is 19.4. The van der Waals surface area contributed by atoms with Gasteiger partial charge in [-0.15, -0.1) is 0 Å². The second-order valence-electron chi connectivity index (χ2n) is 8.05. The summed E-state index contributed by atoms with van der Waals surface area (Å²) in [5.41, 5.74) is 0. The van der Waals surface area contributed by atoms with Gasteiger partial charge in [-0.2, -0.15) is 0 Å². The first kappa shape index (κ1) is 20.6. The van der Waals surface area contributed by atoms with Crippen LogP contribution < -0.4 is 5.32 Å². The largest absolute Gasteiger partial charge is 0.381 e. The molecular weight excluding hydrogens is 344 g/mol. The number of amides is 2. The average molecular weight is 381 g/mol. The molecule has 3 atom stereocenters. The minimum Gasteiger partial charge on any atom is -0.381 e. The third-order valence-electron chi connectivity index (χ3n) is 6.75. The average Bonchev–Trinajstić information content (AvgIpc) is 3.09. The topological polar surface area (TPSA) is 65.1 Å². The maximum Gasteiger partial charge on any atom is 0.239 e. The first-order valence-electron chi connectivity index (χ1n) is 10.7. The summed E-state index contributed by atoms with van der Waals surface area (Å²) in [4.78, 5) is 32.0. The van der Waals surface area contributed by atoms with Crippen molar-refractivity contribution in [1.29, 1.82) is 0 Å². The molecule has 7 heteroatoms. The predicted octanol–water partition coefficient (Wildman–Crippen LogP) is 0.687. The number of hydrogen-bond acceptors (Lipinski definition) is 5. The Morgan fingerprint density at radius 1 is 1.22 bits per heavy atom. The van der Waals surface area contributed by atoms with Gasteiger partial charge in [0.1, 0.15) is 6.04 Å². The summed E-state index contributed by atoms with van der Waals surface area (Å²) in [5, 5.41) is 3.17. The van der Waals surface area contributed by atoms with E-state index in [4.69, 9.17) is 4.74 Å². The highest BCUT2D eigenvalue weighted by Crippen LogP contribution is 2.31. The fourth-order valence-electron chi connectivity index (χ4n) is 5.05. The van der Waals surface area contributed by atoms with Crippen LogP contribution in [-0.2, 0) is 14.3 Å². The number of carbonyl (C=O) groups is 2. The molecule has 1 N–H and O–H groups in total. The van der Waals surface area contributed by atoms with Crippen molar-refractivity contribution in [3.63, 3.8) is 0 Å². The van der Waals surface area contributed by atoms with E-state index in [0.717, 1.165) is 58.5 Å². The lowest BCUT2D eigenvalue weighted by atomic mass is 10.0. The molecule has 3 heterocycles. The van der Waals surface area contributed by atoms with E-state index in [-0.39, 0.29) is 29.9 Å². The summed E-state index contributed by atoms with van der Waals surface area (Å²) < 4.78 is 5.50. The molecular formula is C20H36N4O3. The zero-order valence-corrected chi connectivity index (χ0v) is 17.2. The maximum atomic E-state index is 12.9. The molecule has 3 saturated heterocycles. The molecule has 0 saturated carbocycles. The van der Waals surface area contributed by atoms with E-state index < -0.39 is 0 Å². The van der Waals surface area contributed by atoms with E-state index in [0.29, 0.717) is 19.0 Å². The number of nitrogens with zero attached hydrogens (tertiary/aromatic N) is 3. The summed E-state index contributed by atoms with van der Waals surface area (Å²) in [6.45, 7) is 8.77. The van der Waals surface area contributed by atoms with Crippen LogP contribution in [0.4, 0.5) is 0 Å². The molecule has 2 amide bonds. The Hall–Kier alpha value is -1.18. The molecule has 0 aromatic carbocycles. The molecule has 0 aromatic heterocycles. The number of nitrogens with one attached hydrogen (secondary N) is 1. The van der Waals surface area contributed by atoms with E-state index in [1.807, 2.05) is 18.7 Å². The van der Waals surface area contributed by atoms with Gasteiger partial charge in [-0.1, -0.05) is 0 Å². The Kier molecular flexibility index (Phi) is 7.11. The van der Waals surface area contributed by atoms with Crippen molar-refractivity contribution in [1.82, 2.24) is 20.0 Å². The molecule has 3 rings (SSSR count). The van der Waals surface area contributed by atoms with E-state index >= 15 is 0 Å². The number of likely N-dealkylation sites (N-methyl/N-ethyl adjacent to an activating group) is 1. The fourth-order valence-corrected chi connectivity index (χ4v) is 5.05. The molecule has 0 aliphatic carbocycles. The second kappa shape index (κ2) is 9.34. The number of ether oxygens (including phenoxy) is 1. The molecule has 3 fully saturated rings. The summed E-state index contributed by atoms with van der Waals surface area (Å²) in [6, 6.07) is 0.845. The molecule has 3 aliphatic rings. The van der Waals surface area contributed by atoms with E-state index in [1.54, 1.807) is 0 Å². The molecule has 0 bridgehead atoms. The Balaban J connectivity index is 1.63. The van der Waals surface area contributed by atoms with Gasteiger partial charge < -0.3 is 15.0 Å². The molecule has 0 radical (unpaired) electrons. The summed E-state index contributed by atoms with van der Waals surface area (Å²) >= 11 is 0. The van der Waals surface area contributed by atoms with Crippen LogP contribution in [0.25, 0.3) is 0 Å². The Morgan fingerprint density at radius 2 is 1.93 bits per heavy atom. The molecule has 0 unspecified atom stereocenters. The van der Waals surface area contributed by atoms with E-state index in [9.17, 15) is 9.59 Å². The zero-order valence-electron chi connectivity index (χ0n) is 17.2. The van der Waals surface area contributed by atoms with Crippen LogP contribution in [-0.4, -0.2) is 97.1 Å². The predicted molar refractivity (Wildman–Crippen MR) is 104 cm³/mol. The summed E-state index contributed by atoms with van der Waals surface area (Å²) in [6.07, 6.45) is 4.40. The van der Waals surface area contributed by atoms with E-state index in [2.05, 4.69) is 22.2 Å². The third-order valence-corrected chi connectivity index (χ3v) is 6.75. The second-order valence-corrected chi connectivity index (χ2v) is 8.05. The van der Waals surface area contributed by atoms with Crippen molar-refractivity contribution in [2.24, 2.45) is 0 Å². The lowest BCUT2D eigenvalue weighted by Crippen LogP contribution is -2.53. The fraction of sp³-hybridized carbons (Fsp3) is 0.900. The minimum absolute atomic E-state index is 0.0680. The molecule has 0 aromatic rings. The highest BCUT2D eigenvalue weighted by atomic mass is 16.5. The molecule has 0 spiro atoms. The number of likely N-dealkylation sites (tertiary alicyclic amines) is 1. The van der Waals surface area contributed by atoms with Gasteiger partial charge in [-0.25, -0.2) is 0 Å². The quantitative estimate of drug-likeness (QED) is 0.734.